The van der Waals surface area contributed by atoms with Gasteiger partial charge in [-0.25, -0.2) is 0 Å². The summed E-state index contributed by atoms with van der Waals surface area (Å²) in [5, 5.41) is 13.8. The maximum Gasteiger partial charge on any atom is 0.270 e. The molecule has 0 saturated heterocycles. The second-order valence-corrected chi connectivity index (χ2v) is 4.99. The van der Waals surface area contributed by atoms with Gasteiger partial charge in [-0.1, -0.05) is 0 Å². The minimum Gasteiger partial charge on any atom is -0.459 e. The van der Waals surface area contributed by atoms with Crippen LogP contribution in [0.5, 0.6) is 0 Å². The lowest BCUT2D eigenvalue weighted by atomic mass is 10.1. The highest BCUT2D eigenvalue weighted by Gasteiger charge is 2.14. The van der Waals surface area contributed by atoms with Gasteiger partial charge < -0.3 is 9.73 Å². The zero-order valence-corrected chi connectivity index (χ0v) is 12.1. The van der Waals surface area contributed by atoms with E-state index in [2.05, 4.69) is 21.2 Å². The minimum absolute atomic E-state index is 0.0472. The van der Waals surface area contributed by atoms with Crippen molar-refractivity contribution in [3.05, 3.63) is 50.7 Å². The van der Waals surface area contributed by atoms with Crippen molar-refractivity contribution in [1.82, 2.24) is 5.32 Å². The number of non-ortho nitro benzene ring substituents is 1. The van der Waals surface area contributed by atoms with Gasteiger partial charge in [0.25, 0.3) is 5.69 Å². The van der Waals surface area contributed by atoms with Crippen LogP contribution in [0.25, 0.3) is 11.3 Å². The van der Waals surface area contributed by atoms with Crippen LogP contribution >= 0.6 is 15.9 Å². The second-order valence-electron chi connectivity index (χ2n) is 4.13. The predicted octanol–water partition coefficient (Wildman–Crippen LogP) is 3.90. The van der Waals surface area contributed by atoms with Crippen molar-refractivity contribution in [2.75, 3.05) is 7.05 Å². The maximum absolute atomic E-state index is 10.7. The molecule has 0 aliphatic rings. The molecule has 2 rings (SSSR count). The van der Waals surface area contributed by atoms with E-state index >= 15 is 0 Å². The van der Waals surface area contributed by atoms with Crippen molar-refractivity contribution in [3.8, 4) is 11.3 Å². The average molecular weight is 325 g/mol. The lowest BCUT2D eigenvalue weighted by molar-refractivity contribution is -0.384. The number of nitrogens with one attached hydrogen (secondary N) is 1. The van der Waals surface area contributed by atoms with E-state index in [1.807, 2.05) is 26.1 Å². The number of nitro benzene ring substituents is 1. The molecule has 1 unspecified atom stereocenters. The molecule has 1 aromatic carbocycles. The van der Waals surface area contributed by atoms with Crippen LogP contribution in [0.3, 0.4) is 0 Å². The fourth-order valence-electron chi connectivity index (χ4n) is 1.69. The van der Waals surface area contributed by atoms with Crippen molar-refractivity contribution in [1.29, 1.82) is 0 Å². The SMILES string of the molecule is CNC(C)c1ccc(-c2ccc([N+](=O)[O-])cc2Br)o1. The molecule has 1 heterocycles. The Labute approximate surface area is 118 Å². The summed E-state index contributed by atoms with van der Waals surface area (Å²) in [6.07, 6.45) is 0. The van der Waals surface area contributed by atoms with Crippen molar-refractivity contribution in [3.63, 3.8) is 0 Å². The number of halogens is 1. The third-order valence-corrected chi connectivity index (χ3v) is 3.57. The van der Waals surface area contributed by atoms with Crippen molar-refractivity contribution in [2.45, 2.75) is 13.0 Å². The van der Waals surface area contributed by atoms with E-state index in [0.717, 1.165) is 11.3 Å². The quantitative estimate of drug-likeness (QED) is 0.684. The molecule has 0 spiro atoms. The molecule has 6 heteroatoms. The molecule has 5 nitrogen and oxygen atoms in total. The summed E-state index contributed by atoms with van der Waals surface area (Å²) in [6.45, 7) is 1.99. The zero-order chi connectivity index (χ0) is 14.0. The molecule has 0 aliphatic carbocycles. The first-order chi connectivity index (χ1) is 9.02. The summed E-state index contributed by atoms with van der Waals surface area (Å²) in [5.41, 5.74) is 0.839. The van der Waals surface area contributed by atoms with Gasteiger partial charge in [0.15, 0.2) is 0 Å². The van der Waals surface area contributed by atoms with Gasteiger partial charge in [0, 0.05) is 22.2 Å². The van der Waals surface area contributed by atoms with Crippen molar-refractivity contribution < 1.29 is 9.34 Å². The Balaban J connectivity index is 2.37. The van der Waals surface area contributed by atoms with Crippen LogP contribution in [-0.2, 0) is 0 Å². The summed E-state index contributed by atoms with van der Waals surface area (Å²) in [4.78, 5) is 10.3. The predicted molar refractivity (Wildman–Crippen MR) is 76.0 cm³/mol. The molecule has 0 radical (unpaired) electrons. The van der Waals surface area contributed by atoms with Crippen LogP contribution in [0.2, 0.25) is 0 Å². The Morgan fingerprint density at radius 3 is 2.68 bits per heavy atom. The monoisotopic (exact) mass is 324 g/mol. The smallest absolute Gasteiger partial charge is 0.270 e. The van der Waals surface area contributed by atoms with Gasteiger partial charge >= 0.3 is 0 Å². The topological polar surface area (TPSA) is 68.3 Å². The maximum atomic E-state index is 10.7. The Hall–Kier alpha value is -1.66. The van der Waals surface area contributed by atoms with Gasteiger partial charge in [-0.2, -0.15) is 0 Å². The van der Waals surface area contributed by atoms with Gasteiger partial charge in [0.1, 0.15) is 11.5 Å². The van der Waals surface area contributed by atoms with E-state index in [1.54, 1.807) is 6.07 Å². The van der Waals surface area contributed by atoms with Crippen molar-refractivity contribution >= 4 is 21.6 Å². The van der Waals surface area contributed by atoms with E-state index in [4.69, 9.17) is 4.42 Å². The lowest BCUT2D eigenvalue weighted by Gasteiger charge is -2.06. The van der Waals surface area contributed by atoms with E-state index in [-0.39, 0.29) is 11.7 Å². The number of hydrogen-bond acceptors (Lipinski definition) is 4. The van der Waals surface area contributed by atoms with Crippen LogP contribution < -0.4 is 5.32 Å². The fraction of sp³-hybridized carbons (Fsp3) is 0.231. The van der Waals surface area contributed by atoms with Gasteiger partial charge in [-0.05, 0) is 48.1 Å². The van der Waals surface area contributed by atoms with Crippen LogP contribution in [0.15, 0.2) is 39.2 Å². The average Bonchev–Trinajstić information content (AvgIpc) is 2.87. The standard InChI is InChI=1S/C13H13BrN2O3/c1-8(15-2)12-5-6-13(19-12)10-4-3-9(16(17)18)7-11(10)14/h3-8,15H,1-2H3. The van der Waals surface area contributed by atoms with E-state index in [9.17, 15) is 10.1 Å². The van der Waals surface area contributed by atoms with E-state index < -0.39 is 4.92 Å². The Bertz CT molecular complexity index is 610. The van der Waals surface area contributed by atoms with Gasteiger partial charge in [0.2, 0.25) is 0 Å². The molecule has 1 aromatic heterocycles. The van der Waals surface area contributed by atoms with Crippen LogP contribution in [0.4, 0.5) is 5.69 Å². The van der Waals surface area contributed by atoms with E-state index in [1.165, 1.54) is 12.1 Å². The zero-order valence-electron chi connectivity index (χ0n) is 10.5. The number of rotatable bonds is 4. The minimum atomic E-state index is -0.425. The molecular formula is C13H13BrN2O3. The first-order valence-corrected chi connectivity index (χ1v) is 6.53. The second kappa shape index (κ2) is 5.54. The highest BCUT2D eigenvalue weighted by molar-refractivity contribution is 9.10. The largest absolute Gasteiger partial charge is 0.459 e. The Morgan fingerprint density at radius 1 is 1.37 bits per heavy atom. The summed E-state index contributed by atoms with van der Waals surface area (Å²) in [7, 11) is 1.86. The lowest BCUT2D eigenvalue weighted by Crippen LogP contribution is -2.10. The summed E-state index contributed by atoms with van der Waals surface area (Å²) in [6, 6.07) is 8.47. The molecule has 19 heavy (non-hydrogen) atoms. The third kappa shape index (κ3) is 2.85. The van der Waals surface area contributed by atoms with Gasteiger partial charge in [-0.3, -0.25) is 10.1 Å². The van der Waals surface area contributed by atoms with Crippen LogP contribution in [-0.4, -0.2) is 12.0 Å². The molecule has 0 aliphatic heterocycles. The first kappa shape index (κ1) is 13.8. The third-order valence-electron chi connectivity index (χ3n) is 2.92. The Kier molecular flexibility index (Phi) is 4.01. The summed E-state index contributed by atoms with van der Waals surface area (Å²) < 4.78 is 6.38. The molecule has 0 amide bonds. The Morgan fingerprint density at radius 2 is 2.11 bits per heavy atom. The fourth-order valence-corrected chi connectivity index (χ4v) is 2.25. The molecule has 2 aromatic rings. The number of benzene rings is 1. The van der Waals surface area contributed by atoms with Gasteiger partial charge in [0.05, 0.1) is 11.0 Å². The normalized spacial score (nSPS) is 12.4. The van der Waals surface area contributed by atoms with Crippen LogP contribution in [0.1, 0.15) is 18.7 Å². The molecule has 1 atom stereocenters. The summed E-state index contributed by atoms with van der Waals surface area (Å²) >= 11 is 3.34. The molecule has 0 saturated carbocycles. The van der Waals surface area contributed by atoms with Crippen LogP contribution in [0, 0.1) is 10.1 Å². The van der Waals surface area contributed by atoms with E-state index in [0.29, 0.717) is 10.2 Å². The number of furan rings is 1. The molecule has 0 fully saturated rings. The molecule has 100 valence electrons. The van der Waals surface area contributed by atoms with Crippen molar-refractivity contribution in [2.24, 2.45) is 0 Å². The van der Waals surface area contributed by atoms with Gasteiger partial charge in [-0.15, -0.1) is 0 Å². The number of nitro groups is 1. The summed E-state index contributed by atoms with van der Waals surface area (Å²) in [5.74, 6) is 1.50. The highest BCUT2D eigenvalue weighted by atomic mass is 79.9. The molecular weight excluding hydrogens is 312 g/mol. The number of nitrogens with zero attached hydrogens (tertiary/aromatic N) is 1. The molecule has 1 N–H and O–H groups in total. The first-order valence-electron chi connectivity index (χ1n) is 5.74. The molecule has 0 bridgehead atoms. The number of hydrogen-bond donors (Lipinski definition) is 1. The highest BCUT2D eigenvalue weighted by Crippen LogP contribution is 2.33.